The second-order valence-corrected chi connectivity index (χ2v) is 6.62. The molecule has 0 aromatic heterocycles. The quantitative estimate of drug-likeness (QED) is 0.425. The molecule has 0 N–H and O–H groups in total. The van der Waals surface area contributed by atoms with E-state index in [1.807, 2.05) is 0 Å². The van der Waals surface area contributed by atoms with Gasteiger partial charge in [-0.25, -0.2) is 0 Å². The average Bonchev–Trinajstić information content (AvgIpc) is 2.30. The molecule has 0 unspecified atom stereocenters. The van der Waals surface area contributed by atoms with E-state index in [4.69, 9.17) is 0 Å². The smallest absolute Gasteiger partial charge is 0.00163 e. The molecule has 110 valence electrons. The van der Waals surface area contributed by atoms with Gasteiger partial charge in [0.05, 0.1) is 0 Å². The summed E-state index contributed by atoms with van der Waals surface area (Å²) in [5.74, 6) is 1.68. The summed E-state index contributed by atoms with van der Waals surface area (Å²) in [6.07, 6.45) is 9.73. The molecular weight excluding hydrogens is 218 g/mol. The number of hydrogen-bond donors (Lipinski definition) is 0. The Hall–Kier alpha value is -0.0400. The van der Waals surface area contributed by atoms with Gasteiger partial charge in [-0.15, -0.1) is 0 Å². The first-order valence-electron chi connectivity index (χ1n) is 8.28. The van der Waals surface area contributed by atoms with E-state index in [2.05, 4.69) is 39.5 Å². The first kappa shape index (κ1) is 18.0. The highest BCUT2D eigenvalue weighted by atomic mass is 15.1. The van der Waals surface area contributed by atoms with Crippen LogP contribution in [0.4, 0.5) is 0 Å². The Morgan fingerprint density at radius 3 is 1.61 bits per heavy atom. The molecule has 0 aromatic rings. The van der Waals surface area contributed by atoms with Crippen molar-refractivity contribution in [3.05, 3.63) is 0 Å². The van der Waals surface area contributed by atoms with E-state index in [1.54, 1.807) is 0 Å². The van der Waals surface area contributed by atoms with Gasteiger partial charge in [0.1, 0.15) is 0 Å². The fourth-order valence-corrected chi connectivity index (χ4v) is 2.16. The Balaban J connectivity index is 3.74. The van der Waals surface area contributed by atoms with Gasteiger partial charge in [-0.05, 0) is 50.7 Å². The third kappa shape index (κ3) is 12.4. The van der Waals surface area contributed by atoms with Crippen molar-refractivity contribution in [3.8, 4) is 0 Å². The Bertz CT molecular complexity index is 151. The van der Waals surface area contributed by atoms with E-state index in [1.165, 1.54) is 64.6 Å². The monoisotopic (exact) mass is 255 g/mol. The molecule has 0 spiro atoms. The van der Waals surface area contributed by atoms with Gasteiger partial charge in [0, 0.05) is 0 Å². The summed E-state index contributed by atoms with van der Waals surface area (Å²) < 4.78 is 0. The van der Waals surface area contributed by atoms with E-state index >= 15 is 0 Å². The average molecular weight is 255 g/mol. The molecule has 0 amide bonds. The predicted molar refractivity (Wildman–Crippen MR) is 84.1 cm³/mol. The van der Waals surface area contributed by atoms with E-state index < -0.39 is 0 Å². The third-order valence-electron chi connectivity index (χ3n) is 3.62. The van der Waals surface area contributed by atoms with Crippen LogP contribution in [-0.2, 0) is 0 Å². The second-order valence-electron chi connectivity index (χ2n) is 6.62. The lowest BCUT2D eigenvalue weighted by Gasteiger charge is -2.24. The minimum atomic E-state index is 0.839. The van der Waals surface area contributed by atoms with Crippen LogP contribution in [0.25, 0.3) is 0 Å². The molecule has 0 saturated heterocycles. The van der Waals surface area contributed by atoms with Crippen molar-refractivity contribution in [2.24, 2.45) is 11.8 Å². The number of nitrogens with zero attached hydrogens (tertiary/aromatic N) is 1. The van der Waals surface area contributed by atoms with E-state index in [0.29, 0.717) is 0 Å². The van der Waals surface area contributed by atoms with Crippen molar-refractivity contribution in [2.75, 3.05) is 19.6 Å². The molecule has 0 atom stereocenters. The van der Waals surface area contributed by atoms with E-state index in [9.17, 15) is 0 Å². The number of rotatable bonds is 12. The molecule has 0 radical (unpaired) electrons. The molecule has 0 aliphatic heterocycles. The van der Waals surface area contributed by atoms with Crippen LogP contribution < -0.4 is 0 Å². The molecule has 1 nitrogen and oxygen atoms in total. The molecule has 0 aliphatic rings. The van der Waals surface area contributed by atoms with Crippen LogP contribution in [0.1, 0.15) is 79.6 Å². The van der Waals surface area contributed by atoms with Gasteiger partial charge in [0.2, 0.25) is 0 Å². The minimum Gasteiger partial charge on any atom is -0.303 e. The standard InChI is InChI=1S/C17H37N/c1-6-7-8-9-10-13-18(14-11-16(2)3)15-12-17(4)5/h16-17H,6-15H2,1-5H3. The van der Waals surface area contributed by atoms with Crippen molar-refractivity contribution in [1.82, 2.24) is 4.90 Å². The maximum Gasteiger partial charge on any atom is -0.00163 e. The first-order valence-corrected chi connectivity index (χ1v) is 8.28. The summed E-state index contributed by atoms with van der Waals surface area (Å²) in [5.41, 5.74) is 0. The normalized spacial score (nSPS) is 12.0. The van der Waals surface area contributed by atoms with Crippen LogP contribution in [0.2, 0.25) is 0 Å². The largest absolute Gasteiger partial charge is 0.303 e. The van der Waals surface area contributed by atoms with Crippen LogP contribution >= 0.6 is 0 Å². The maximum absolute atomic E-state index is 2.70. The van der Waals surface area contributed by atoms with E-state index in [-0.39, 0.29) is 0 Å². The van der Waals surface area contributed by atoms with Gasteiger partial charge >= 0.3 is 0 Å². The highest BCUT2D eigenvalue weighted by Crippen LogP contribution is 2.09. The van der Waals surface area contributed by atoms with Crippen LogP contribution in [0, 0.1) is 11.8 Å². The molecule has 1 heteroatoms. The van der Waals surface area contributed by atoms with Crippen LogP contribution in [0.15, 0.2) is 0 Å². The van der Waals surface area contributed by atoms with Crippen molar-refractivity contribution < 1.29 is 0 Å². The number of hydrogen-bond acceptors (Lipinski definition) is 1. The molecule has 0 bridgehead atoms. The van der Waals surface area contributed by atoms with Gasteiger partial charge in [0.25, 0.3) is 0 Å². The van der Waals surface area contributed by atoms with Crippen molar-refractivity contribution >= 4 is 0 Å². The van der Waals surface area contributed by atoms with Crippen LogP contribution in [0.3, 0.4) is 0 Å². The summed E-state index contributed by atoms with van der Waals surface area (Å²) >= 11 is 0. The topological polar surface area (TPSA) is 3.24 Å². The molecule has 0 saturated carbocycles. The maximum atomic E-state index is 2.70. The van der Waals surface area contributed by atoms with Crippen molar-refractivity contribution in [2.45, 2.75) is 79.6 Å². The van der Waals surface area contributed by atoms with Gasteiger partial charge in [-0.1, -0.05) is 60.3 Å². The summed E-state index contributed by atoms with van der Waals surface area (Å²) in [5, 5.41) is 0. The van der Waals surface area contributed by atoms with Gasteiger partial charge in [-0.2, -0.15) is 0 Å². The van der Waals surface area contributed by atoms with Crippen LogP contribution in [-0.4, -0.2) is 24.5 Å². The van der Waals surface area contributed by atoms with E-state index in [0.717, 1.165) is 11.8 Å². The van der Waals surface area contributed by atoms with Crippen LogP contribution in [0.5, 0.6) is 0 Å². The lowest BCUT2D eigenvalue weighted by Crippen LogP contribution is -2.28. The SMILES string of the molecule is CCCCCCCN(CCC(C)C)CCC(C)C. The summed E-state index contributed by atoms with van der Waals surface area (Å²) in [6, 6.07) is 0. The summed E-state index contributed by atoms with van der Waals surface area (Å²) in [7, 11) is 0. The Morgan fingerprint density at radius 2 is 1.17 bits per heavy atom. The minimum absolute atomic E-state index is 0.839. The highest BCUT2D eigenvalue weighted by Gasteiger charge is 2.07. The predicted octanol–water partition coefficient (Wildman–Crippen LogP) is 5.35. The summed E-state index contributed by atoms with van der Waals surface area (Å²) in [6.45, 7) is 15.6. The van der Waals surface area contributed by atoms with Crippen molar-refractivity contribution in [1.29, 1.82) is 0 Å². The first-order chi connectivity index (χ1) is 8.56. The molecule has 0 rings (SSSR count). The Kier molecular flexibility index (Phi) is 12.0. The zero-order chi connectivity index (χ0) is 13.8. The molecule has 0 fully saturated rings. The molecule has 0 aromatic carbocycles. The highest BCUT2D eigenvalue weighted by molar-refractivity contribution is 4.61. The third-order valence-corrected chi connectivity index (χ3v) is 3.62. The Labute approximate surface area is 116 Å². The fraction of sp³-hybridized carbons (Fsp3) is 1.00. The fourth-order valence-electron chi connectivity index (χ4n) is 2.16. The van der Waals surface area contributed by atoms with Gasteiger partial charge in [0.15, 0.2) is 0 Å². The summed E-state index contributed by atoms with van der Waals surface area (Å²) in [4.78, 5) is 2.70. The lowest BCUT2D eigenvalue weighted by molar-refractivity contribution is 0.238. The Morgan fingerprint density at radius 1 is 0.667 bits per heavy atom. The number of unbranched alkanes of at least 4 members (excludes halogenated alkanes) is 4. The molecule has 18 heavy (non-hydrogen) atoms. The second kappa shape index (κ2) is 12.0. The van der Waals surface area contributed by atoms with Crippen molar-refractivity contribution in [3.63, 3.8) is 0 Å². The zero-order valence-corrected chi connectivity index (χ0v) is 13.7. The van der Waals surface area contributed by atoms with Gasteiger partial charge in [-0.3, -0.25) is 0 Å². The molecule has 0 heterocycles. The lowest BCUT2D eigenvalue weighted by atomic mass is 10.1. The zero-order valence-electron chi connectivity index (χ0n) is 13.7. The van der Waals surface area contributed by atoms with Gasteiger partial charge < -0.3 is 4.90 Å². The molecule has 0 aliphatic carbocycles. The molecular formula is C17H37N.